The van der Waals surface area contributed by atoms with Crippen molar-refractivity contribution in [1.82, 2.24) is 0 Å². The number of amides is 1. The van der Waals surface area contributed by atoms with Crippen molar-refractivity contribution in [2.75, 3.05) is 11.4 Å². The summed E-state index contributed by atoms with van der Waals surface area (Å²) in [4.78, 5) is 13.3. The molecule has 0 aliphatic rings. The van der Waals surface area contributed by atoms with Gasteiger partial charge in [-0.1, -0.05) is 12.1 Å². The summed E-state index contributed by atoms with van der Waals surface area (Å²) in [7, 11) is 0. The molecule has 0 aliphatic carbocycles. The van der Waals surface area contributed by atoms with Crippen molar-refractivity contribution in [3.63, 3.8) is 0 Å². The average Bonchev–Trinajstić information content (AvgIpc) is 2.20. The Kier molecular flexibility index (Phi) is 3.65. The lowest BCUT2D eigenvalue weighted by molar-refractivity contribution is -0.122. The first-order valence-electron chi connectivity index (χ1n) is 5.23. The summed E-state index contributed by atoms with van der Waals surface area (Å²) >= 11 is 0. The highest BCUT2D eigenvalue weighted by Gasteiger charge is 2.28. The molecule has 3 nitrogen and oxygen atoms in total. The summed E-state index contributed by atoms with van der Waals surface area (Å²) in [5, 5.41) is 0. The smallest absolute Gasteiger partial charge is 0.246 e. The van der Waals surface area contributed by atoms with E-state index in [1.165, 1.54) is 11.0 Å². The summed E-state index contributed by atoms with van der Waals surface area (Å²) in [6.07, 6.45) is 0. The highest BCUT2D eigenvalue weighted by molar-refractivity contribution is 5.99. The number of hydrogen-bond acceptors (Lipinski definition) is 2. The molecule has 0 spiro atoms. The van der Waals surface area contributed by atoms with E-state index in [-0.39, 0.29) is 11.6 Å². The van der Waals surface area contributed by atoms with Gasteiger partial charge in [-0.15, -0.1) is 0 Å². The van der Waals surface area contributed by atoms with Gasteiger partial charge in [0.25, 0.3) is 0 Å². The standard InChI is InChI=1S/C12H17FN2O/c1-4-15(11(16)12(2,3)14)10-8-6-5-7-9(10)13/h5-8H,4,14H2,1-3H3. The number of anilines is 1. The molecule has 88 valence electrons. The first-order valence-corrected chi connectivity index (χ1v) is 5.23. The number of carbonyl (C=O) groups excluding carboxylic acids is 1. The molecule has 0 atom stereocenters. The number of benzene rings is 1. The van der Waals surface area contributed by atoms with E-state index >= 15 is 0 Å². The van der Waals surface area contributed by atoms with Crippen molar-refractivity contribution in [2.45, 2.75) is 26.3 Å². The molecule has 1 rings (SSSR count). The number of nitrogens with two attached hydrogens (primary N) is 1. The molecule has 1 amide bonds. The third kappa shape index (κ3) is 2.58. The Morgan fingerprint density at radius 1 is 1.44 bits per heavy atom. The normalized spacial score (nSPS) is 11.3. The molecular formula is C12H17FN2O. The second kappa shape index (κ2) is 4.61. The SMILES string of the molecule is CCN(C(=O)C(C)(C)N)c1ccccc1F. The molecule has 0 radical (unpaired) electrons. The first kappa shape index (κ1) is 12.6. The molecule has 0 saturated carbocycles. The van der Waals surface area contributed by atoms with E-state index in [1.807, 2.05) is 0 Å². The van der Waals surface area contributed by atoms with Crippen molar-refractivity contribution in [3.05, 3.63) is 30.1 Å². The van der Waals surface area contributed by atoms with Crippen LogP contribution < -0.4 is 10.6 Å². The van der Waals surface area contributed by atoms with Crippen LogP contribution in [0, 0.1) is 5.82 Å². The van der Waals surface area contributed by atoms with Crippen LogP contribution in [0.2, 0.25) is 0 Å². The maximum atomic E-state index is 13.5. The van der Waals surface area contributed by atoms with Crippen LogP contribution in [-0.2, 0) is 4.79 Å². The Morgan fingerprint density at radius 3 is 2.44 bits per heavy atom. The van der Waals surface area contributed by atoms with Crippen LogP contribution in [0.3, 0.4) is 0 Å². The summed E-state index contributed by atoms with van der Waals surface area (Å²) in [6, 6.07) is 6.18. The quantitative estimate of drug-likeness (QED) is 0.852. The Hall–Kier alpha value is -1.42. The summed E-state index contributed by atoms with van der Waals surface area (Å²) in [5.41, 5.74) is 5.00. The maximum Gasteiger partial charge on any atom is 0.246 e. The second-order valence-corrected chi connectivity index (χ2v) is 4.22. The Balaban J connectivity index is 3.09. The fourth-order valence-electron chi connectivity index (χ4n) is 1.44. The third-order valence-corrected chi connectivity index (χ3v) is 2.26. The highest BCUT2D eigenvalue weighted by atomic mass is 19.1. The Labute approximate surface area is 95.0 Å². The van der Waals surface area contributed by atoms with E-state index < -0.39 is 11.4 Å². The van der Waals surface area contributed by atoms with Gasteiger partial charge < -0.3 is 10.6 Å². The zero-order valence-corrected chi connectivity index (χ0v) is 9.83. The molecule has 0 heterocycles. The molecule has 0 fully saturated rings. The molecule has 1 aromatic carbocycles. The molecule has 0 unspecified atom stereocenters. The van der Waals surface area contributed by atoms with Gasteiger partial charge >= 0.3 is 0 Å². The van der Waals surface area contributed by atoms with E-state index in [4.69, 9.17) is 5.73 Å². The molecule has 0 saturated heterocycles. The highest BCUT2D eigenvalue weighted by Crippen LogP contribution is 2.20. The number of rotatable bonds is 3. The van der Waals surface area contributed by atoms with Gasteiger partial charge in [-0.3, -0.25) is 4.79 Å². The topological polar surface area (TPSA) is 46.3 Å². The first-order chi connectivity index (χ1) is 7.38. The van der Waals surface area contributed by atoms with Crippen LogP contribution in [0.15, 0.2) is 24.3 Å². The van der Waals surface area contributed by atoms with Gasteiger partial charge in [-0.25, -0.2) is 4.39 Å². The van der Waals surface area contributed by atoms with E-state index in [9.17, 15) is 9.18 Å². The number of hydrogen-bond donors (Lipinski definition) is 1. The Morgan fingerprint density at radius 2 is 2.00 bits per heavy atom. The molecule has 0 bridgehead atoms. The fraction of sp³-hybridized carbons (Fsp3) is 0.417. The van der Waals surface area contributed by atoms with Gasteiger partial charge in [0.2, 0.25) is 5.91 Å². The van der Waals surface area contributed by atoms with Gasteiger partial charge in [0.15, 0.2) is 0 Å². The molecule has 16 heavy (non-hydrogen) atoms. The lowest BCUT2D eigenvalue weighted by atomic mass is 10.0. The van der Waals surface area contributed by atoms with Crippen LogP contribution in [0.5, 0.6) is 0 Å². The number of halogens is 1. The molecule has 4 heteroatoms. The van der Waals surface area contributed by atoms with Gasteiger partial charge in [0.1, 0.15) is 5.82 Å². The Bertz CT molecular complexity index is 385. The van der Waals surface area contributed by atoms with Crippen LogP contribution in [0.1, 0.15) is 20.8 Å². The van der Waals surface area contributed by atoms with Gasteiger partial charge in [-0.05, 0) is 32.9 Å². The maximum absolute atomic E-state index is 13.5. The van der Waals surface area contributed by atoms with E-state index in [0.717, 1.165) is 0 Å². The number of carbonyl (C=O) groups is 1. The van der Waals surface area contributed by atoms with E-state index in [0.29, 0.717) is 6.54 Å². The zero-order valence-electron chi connectivity index (χ0n) is 9.83. The molecule has 0 aromatic heterocycles. The lowest BCUT2D eigenvalue weighted by Crippen LogP contribution is -2.51. The van der Waals surface area contributed by atoms with Crippen molar-refractivity contribution >= 4 is 11.6 Å². The minimum atomic E-state index is -1.00. The predicted molar refractivity (Wildman–Crippen MR) is 62.7 cm³/mol. The van der Waals surface area contributed by atoms with Crippen LogP contribution in [0.4, 0.5) is 10.1 Å². The number of likely N-dealkylation sites (N-methyl/N-ethyl adjacent to an activating group) is 1. The van der Waals surface area contributed by atoms with Gasteiger partial charge in [0, 0.05) is 6.54 Å². The monoisotopic (exact) mass is 224 g/mol. The zero-order chi connectivity index (χ0) is 12.3. The molecule has 1 aromatic rings. The van der Waals surface area contributed by atoms with Crippen LogP contribution >= 0.6 is 0 Å². The number of nitrogens with zero attached hydrogens (tertiary/aromatic N) is 1. The second-order valence-electron chi connectivity index (χ2n) is 4.22. The summed E-state index contributed by atoms with van der Waals surface area (Å²) in [5.74, 6) is -0.706. The van der Waals surface area contributed by atoms with Crippen molar-refractivity contribution in [3.8, 4) is 0 Å². The molecular weight excluding hydrogens is 207 g/mol. The summed E-state index contributed by atoms with van der Waals surface area (Å²) in [6.45, 7) is 5.40. The lowest BCUT2D eigenvalue weighted by Gasteiger charge is -2.28. The van der Waals surface area contributed by atoms with Crippen LogP contribution in [-0.4, -0.2) is 18.0 Å². The summed E-state index contributed by atoms with van der Waals surface area (Å²) < 4.78 is 13.5. The van der Waals surface area contributed by atoms with E-state index in [1.54, 1.807) is 39.0 Å². The van der Waals surface area contributed by atoms with Crippen molar-refractivity contribution < 1.29 is 9.18 Å². The van der Waals surface area contributed by atoms with E-state index in [2.05, 4.69) is 0 Å². The minimum absolute atomic E-state index is 0.272. The van der Waals surface area contributed by atoms with Gasteiger partial charge in [0.05, 0.1) is 11.2 Å². The third-order valence-electron chi connectivity index (χ3n) is 2.26. The van der Waals surface area contributed by atoms with Crippen molar-refractivity contribution in [1.29, 1.82) is 0 Å². The number of para-hydroxylation sites is 1. The average molecular weight is 224 g/mol. The van der Waals surface area contributed by atoms with Crippen LogP contribution in [0.25, 0.3) is 0 Å². The molecule has 0 aliphatic heterocycles. The fourth-order valence-corrected chi connectivity index (χ4v) is 1.44. The predicted octanol–water partition coefficient (Wildman–Crippen LogP) is 1.92. The molecule has 2 N–H and O–H groups in total. The minimum Gasteiger partial charge on any atom is -0.318 e. The largest absolute Gasteiger partial charge is 0.318 e. The van der Waals surface area contributed by atoms with Gasteiger partial charge in [-0.2, -0.15) is 0 Å². The van der Waals surface area contributed by atoms with Crippen molar-refractivity contribution in [2.24, 2.45) is 5.73 Å².